The molecule has 2 aliphatic rings. The summed E-state index contributed by atoms with van der Waals surface area (Å²) in [4.78, 5) is 2.51. The number of hydrogen-bond acceptors (Lipinski definition) is 3. The molecule has 15 heavy (non-hydrogen) atoms. The molecule has 3 nitrogen and oxygen atoms in total. The molecule has 0 aromatic heterocycles. The predicted octanol–water partition coefficient (Wildman–Crippen LogP) is 1.49. The molecule has 2 unspecified atom stereocenters. The third-order valence-electron chi connectivity index (χ3n) is 4.07. The van der Waals surface area contributed by atoms with E-state index in [2.05, 4.69) is 11.0 Å². The fourth-order valence-corrected chi connectivity index (χ4v) is 3.00. The molecule has 3 heteroatoms. The molecule has 0 bridgehead atoms. The Bertz CT molecular complexity index is 252. The standard InChI is InChI=1S/C12H21N3/c13-10-12(14)6-3-4-11(12)5-9-15-7-1-2-8-15/h11H,1-9,14H2. The van der Waals surface area contributed by atoms with Gasteiger partial charge >= 0.3 is 0 Å². The summed E-state index contributed by atoms with van der Waals surface area (Å²) in [7, 11) is 0. The molecule has 2 fully saturated rings. The van der Waals surface area contributed by atoms with Gasteiger partial charge in [-0.1, -0.05) is 6.42 Å². The maximum atomic E-state index is 9.10. The second kappa shape index (κ2) is 4.51. The molecule has 0 spiro atoms. The van der Waals surface area contributed by atoms with Crippen LogP contribution in [0.5, 0.6) is 0 Å². The summed E-state index contributed by atoms with van der Waals surface area (Å²) in [6, 6.07) is 2.33. The molecule has 0 aromatic carbocycles. The van der Waals surface area contributed by atoms with Gasteiger partial charge in [-0.3, -0.25) is 0 Å². The van der Waals surface area contributed by atoms with Crippen LogP contribution < -0.4 is 5.73 Å². The van der Waals surface area contributed by atoms with Crippen molar-refractivity contribution in [3.63, 3.8) is 0 Å². The average Bonchev–Trinajstić information content (AvgIpc) is 2.85. The van der Waals surface area contributed by atoms with Gasteiger partial charge in [0, 0.05) is 0 Å². The van der Waals surface area contributed by atoms with Crippen LogP contribution in [0.25, 0.3) is 0 Å². The lowest BCUT2D eigenvalue weighted by Crippen LogP contribution is -2.42. The molecule has 0 radical (unpaired) electrons. The first-order valence-electron chi connectivity index (χ1n) is 6.17. The Morgan fingerprint density at radius 3 is 2.73 bits per heavy atom. The van der Waals surface area contributed by atoms with Gasteiger partial charge in [-0.25, -0.2) is 0 Å². The fourth-order valence-electron chi connectivity index (χ4n) is 3.00. The quantitative estimate of drug-likeness (QED) is 0.763. The second-order valence-corrected chi connectivity index (χ2v) is 5.08. The van der Waals surface area contributed by atoms with Crippen molar-refractivity contribution in [2.45, 2.75) is 44.1 Å². The minimum absolute atomic E-state index is 0.433. The summed E-state index contributed by atoms with van der Waals surface area (Å²) in [5, 5.41) is 9.10. The Labute approximate surface area is 92.2 Å². The number of hydrogen-bond donors (Lipinski definition) is 1. The topological polar surface area (TPSA) is 53.1 Å². The molecule has 1 aliphatic carbocycles. The summed E-state index contributed by atoms with van der Waals surface area (Å²) >= 11 is 0. The van der Waals surface area contributed by atoms with Crippen LogP contribution in [-0.2, 0) is 0 Å². The minimum Gasteiger partial charge on any atom is -0.313 e. The van der Waals surface area contributed by atoms with Crippen molar-refractivity contribution in [3.8, 4) is 6.07 Å². The molecule has 0 aromatic rings. The lowest BCUT2D eigenvalue weighted by Gasteiger charge is -2.25. The second-order valence-electron chi connectivity index (χ2n) is 5.08. The van der Waals surface area contributed by atoms with Crippen LogP contribution in [0.15, 0.2) is 0 Å². The first kappa shape index (κ1) is 10.9. The zero-order chi connectivity index (χ0) is 10.7. The predicted molar refractivity (Wildman–Crippen MR) is 60.2 cm³/mol. The van der Waals surface area contributed by atoms with Crippen LogP contribution in [0.4, 0.5) is 0 Å². The van der Waals surface area contributed by atoms with Gasteiger partial charge in [-0.2, -0.15) is 5.26 Å². The Kier molecular flexibility index (Phi) is 3.28. The van der Waals surface area contributed by atoms with E-state index in [-0.39, 0.29) is 0 Å². The monoisotopic (exact) mass is 207 g/mol. The van der Waals surface area contributed by atoms with Gasteiger partial charge in [0.1, 0.15) is 5.54 Å². The van der Waals surface area contributed by atoms with Crippen molar-refractivity contribution >= 4 is 0 Å². The smallest absolute Gasteiger partial charge is 0.107 e. The summed E-state index contributed by atoms with van der Waals surface area (Å²) in [5.41, 5.74) is 5.59. The maximum Gasteiger partial charge on any atom is 0.107 e. The van der Waals surface area contributed by atoms with Crippen molar-refractivity contribution in [3.05, 3.63) is 0 Å². The van der Waals surface area contributed by atoms with Gasteiger partial charge in [0.15, 0.2) is 0 Å². The van der Waals surface area contributed by atoms with E-state index in [0.29, 0.717) is 5.92 Å². The van der Waals surface area contributed by atoms with Crippen molar-refractivity contribution in [1.29, 1.82) is 5.26 Å². The first-order valence-corrected chi connectivity index (χ1v) is 6.17. The molecule has 2 N–H and O–H groups in total. The van der Waals surface area contributed by atoms with Crippen molar-refractivity contribution < 1.29 is 0 Å². The Morgan fingerprint density at radius 1 is 1.33 bits per heavy atom. The van der Waals surface area contributed by atoms with Gasteiger partial charge in [0.25, 0.3) is 0 Å². The summed E-state index contributed by atoms with van der Waals surface area (Å²) in [6.07, 6.45) is 6.98. The van der Waals surface area contributed by atoms with Crippen molar-refractivity contribution in [2.75, 3.05) is 19.6 Å². The van der Waals surface area contributed by atoms with E-state index in [9.17, 15) is 0 Å². The third kappa shape index (κ3) is 2.32. The van der Waals surface area contributed by atoms with Crippen molar-refractivity contribution in [1.82, 2.24) is 4.90 Å². The highest BCUT2D eigenvalue weighted by atomic mass is 15.1. The lowest BCUT2D eigenvalue weighted by molar-refractivity contribution is 0.276. The molecule has 1 heterocycles. The van der Waals surface area contributed by atoms with Crippen LogP contribution in [0.1, 0.15) is 38.5 Å². The summed E-state index contributed by atoms with van der Waals surface area (Å²) in [5.74, 6) is 0.433. The SMILES string of the molecule is N#CC1(N)CCCC1CCN1CCCC1. The molecule has 2 rings (SSSR count). The number of rotatable bonds is 3. The molecule has 1 saturated heterocycles. The summed E-state index contributed by atoms with van der Waals surface area (Å²) < 4.78 is 0. The van der Waals surface area contributed by atoms with Gasteiger partial charge in [-0.05, 0) is 57.7 Å². The molecule has 1 saturated carbocycles. The van der Waals surface area contributed by atoms with Gasteiger partial charge in [0.05, 0.1) is 6.07 Å². The zero-order valence-corrected chi connectivity index (χ0v) is 9.41. The van der Waals surface area contributed by atoms with Gasteiger partial charge < -0.3 is 10.6 Å². The number of nitriles is 1. The Balaban J connectivity index is 1.81. The normalized spacial score (nSPS) is 36.9. The van der Waals surface area contributed by atoms with Crippen LogP contribution in [0, 0.1) is 17.2 Å². The fraction of sp³-hybridized carbons (Fsp3) is 0.917. The van der Waals surface area contributed by atoms with Crippen LogP contribution in [0.3, 0.4) is 0 Å². The van der Waals surface area contributed by atoms with Crippen LogP contribution in [-0.4, -0.2) is 30.1 Å². The van der Waals surface area contributed by atoms with E-state index in [1.54, 1.807) is 0 Å². The van der Waals surface area contributed by atoms with Gasteiger partial charge in [0.2, 0.25) is 0 Å². The molecular formula is C12H21N3. The van der Waals surface area contributed by atoms with E-state index in [4.69, 9.17) is 11.0 Å². The number of nitrogens with zero attached hydrogens (tertiary/aromatic N) is 2. The zero-order valence-electron chi connectivity index (χ0n) is 9.41. The highest BCUT2D eigenvalue weighted by Crippen LogP contribution is 2.35. The van der Waals surface area contributed by atoms with E-state index >= 15 is 0 Å². The highest BCUT2D eigenvalue weighted by molar-refractivity contribution is 5.11. The van der Waals surface area contributed by atoms with Gasteiger partial charge in [-0.15, -0.1) is 0 Å². The highest BCUT2D eigenvalue weighted by Gasteiger charge is 2.39. The maximum absolute atomic E-state index is 9.10. The summed E-state index contributed by atoms with van der Waals surface area (Å²) in [6.45, 7) is 3.64. The van der Waals surface area contributed by atoms with E-state index in [0.717, 1.165) is 32.2 Å². The van der Waals surface area contributed by atoms with Crippen LogP contribution in [0.2, 0.25) is 0 Å². The molecular weight excluding hydrogens is 186 g/mol. The van der Waals surface area contributed by atoms with E-state index in [1.165, 1.54) is 25.9 Å². The molecule has 1 aliphatic heterocycles. The van der Waals surface area contributed by atoms with Crippen molar-refractivity contribution in [2.24, 2.45) is 11.7 Å². The molecule has 84 valence electrons. The van der Waals surface area contributed by atoms with Crippen LogP contribution >= 0.6 is 0 Å². The minimum atomic E-state index is -0.514. The number of likely N-dealkylation sites (tertiary alicyclic amines) is 1. The Hall–Kier alpha value is -0.590. The largest absolute Gasteiger partial charge is 0.313 e. The van der Waals surface area contributed by atoms with E-state index < -0.39 is 5.54 Å². The molecule has 2 atom stereocenters. The molecule has 0 amide bonds. The first-order chi connectivity index (χ1) is 7.24. The van der Waals surface area contributed by atoms with E-state index in [1.807, 2.05) is 0 Å². The average molecular weight is 207 g/mol. The number of nitrogens with two attached hydrogens (primary N) is 1. The lowest BCUT2D eigenvalue weighted by atomic mass is 9.87. The Morgan fingerprint density at radius 2 is 2.07 bits per heavy atom. The third-order valence-corrected chi connectivity index (χ3v) is 4.07.